The lowest BCUT2D eigenvalue weighted by Gasteiger charge is -2.13. The number of benzene rings is 3. The highest BCUT2D eigenvalue weighted by Gasteiger charge is 2.28. The first kappa shape index (κ1) is 22.7. The molecule has 0 spiro atoms. The minimum Gasteiger partial charge on any atom is -0.497 e. The Balaban J connectivity index is 1.58. The molecule has 4 rings (SSSR count). The second-order valence-electron chi connectivity index (χ2n) is 7.18. The number of rotatable bonds is 7. The van der Waals surface area contributed by atoms with Gasteiger partial charge in [0.05, 0.1) is 39.6 Å². The molecule has 0 N–H and O–H groups in total. The van der Waals surface area contributed by atoms with Crippen LogP contribution in [0.1, 0.15) is 26.3 Å². The fourth-order valence-electron chi connectivity index (χ4n) is 3.48. The van der Waals surface area contributed by atoms with E-state index in [1.807, 2.05) is 0 Å². The maximum atomic E-state index is 12.9. The predicted octanol–water partition coefficient (Wildman–Crippen LogP) is 4.56. The monoisotopic (exact) mass is 462 g/mol. The molecule has 8 nitrogen and oxygen atoms in total. The van der Waals surface area contributed by atoms with E-state index in [2.05, 4.69) is 0 Å². The fraction of sp³-hybridized carbons (Fsp3) is 0.154. The van der Waals surface area contributed by atoms with Crippen molar-refractivity contribution >= 4 is 17.8 Å². The van der Waals surface area contributed by atoms with Crippen LogP contribution in [0.2, 0.25) is 0 Å². The van der Waals surface area contributed by atoms with Crippen LogP contribution >= 0.6 is 0 Å². The lowest BCUT2D eigenvalue weighted by molar-refractivity contribution is 0.0734. The van der Waals surface area contributed by atoms with Crippen LogP contribution in [-0.4, -0.2) is 40.2 Å². The number of carbonyl (C=O) groups excluding carboxylic acids is 2. The molecule has 0 aromatic heterocycles. The number of esters is 1. The van der Waals surface area contributed by atoms with Crippen LogP contribution in [0.3, 0.4) is 0 Å². The van der Waals surface area contributed by atoms with Gasteiger partial charge in [-0.1, -0.05) is 6.07 Å². The molecule has 1 aliphatic rings. The van der Waals surface area contributed by atoms with Crippen molar-refractivity contribution in [2.75, 3.05) is 28.4 Å². The Hall–Kier alpha value is -4.46. The van der Waals surface area contributed by atoms with Crippen LogP contribution in [-0.2, 0) is 0 Å². The molecule has 0 saturated carbocycles. The van der Waals surface area contributed by atoms with Crippen molar-refractivity contribution in [2.24, 2.45) is 0 Å². The minimum absolute atomic E-state index is 0.112. The average molecular weight is 462 g/mol. The molecule has 1 heterocycles. The van der Waals surface area contributed by atoms with Crippen LogP contribution in [0.15, 0.2) is 60.4 Å². The van der Waals surface area contributed by atoms with Gasteiger partial charge in [0.15, 0.2) is 17.3 Å². The van der Waals surface area contributed by atoms with Crippen LogP contribution in [0.4, 0.5) is 0 Å². The van der Waals surface area contributed by atoms with E-state index in [9.17, 15) is 9.59 Å². The molecule has 3 aromatic carbocycles. The summed E-state index contributed by atoms with van der Waals surface area (Å²) < 4.78 is 32.4. The van der Waals surface area contributed by atoms with E-state index in [-0.39, 0.29) is 17.3 Å². The van der Waals surface area contributed by atoms with Crippen molar-refractivity contribution in [3.63, 3.8) is 0 Å². The van der Waals surface area contributed by atoms with Crippen LogP contribution in [0, 0.1) is 0 Å². The zero-order valence-corrected chi connectivity index (χ0v) is 19.0. The Kier molecular flexibility index (Phi) is 6.40. The van der Waals surface area contributed by atoms with Gasteiger partial charge in [0.25, 0.3) is 0 Å². The van der Waals surface area contributed by atoms with Crippen LogP contribution in [0.25, 0.3) is 6.08 Å². The highest BCUT2D eigenvalue weighted by Crippen LogP contribution is 2.40. The first-order valence-electron chi connectivity index (χ1n) is 10.2. The Morgan fingerprint density at radius 2 is 1.56 bits per heavy atom. The van der Waals surface area contributed by atoms with Crippen molar-refractivity contribution in [2.45, 2.75) is 0 Å². The normalized spacial score (nSPS) is 13.2. The van der Waals surface area contributed by atoms with E-state index in [0.29, 0.717) is 45.4 Å². The molecule has 1 aliphatic heterocycles. The van der Waals surface area contributed by atoms with Crippen LogP contribution < -0.4 is 28.4 Å². The van der Waals surface area contributed by atoms with Gasteiger partial charge in [-0.25, -0.2) is 4.79 Å². The summed E-state index contributed by atoms with van der Waals surface area (Å²) in [6.07, 6.45) is 1.58. The predicted molar refractivity (Wildman–Crippen MR) is 123 cm³/mol. The molecule has 34 heavy (non-hydrogen) atoms. The Bertz CT molecular complexity index is 1270. The molecule has 0 fully saturated rings. The Morgan fingerprint density at radius 3 is 2.21 bits per heavy atom. The van der Waals surface area contributed by atoms with Crippen molar-refractivity contribution in [3.8, 4) is 34.5 Å². The highest BCUT2D eigenvalue weighted by atomic mass is 16.5. The number of Topliss-reactive ketones (excluding diaryl/α,β-unsaturated/α-hetero) is 1. The SMILES string of the molecule is COc1cccc(C(=O)Oc2ccc3c(c2)OC(=Cc2cc(OC)c(OC)c(OC)c2)C3=O)c1. The zero-order chi connectivity index (χ0) is 24.2. The van der Waals surface area contributed by atoms with E-state index in [1.165, 1.54) is 34.5 Å². The summed E-state index contributed by atoms with van der Waals surface area (Å²) >= 11 is 0. The van der Waals surface area contributed by atoms with E-state index in [4.69, 9.17) is 28.4 Å². The van der Waals surface area contributed by atoms with Crippen molar-refractivity contribution in [1.29, 1.82) is 0 Å². The molecule has 174 valence electrons. The van der Waals surface area contributed by atoms with E-state index >= 15 is 0 Å². The smallest absolute Gasteiger partial charge is 0.343 e. The number of carbonyl (C=O) groups is 2. The first-order chi connectivity index (χ1) is 16.5. The molecule has 0 radical (unpaired) electrons. The molecule has 0 amide bonds. The number of ketones is 1. The molecule has 0 unspecified atom stereocenters. The van der Waals surface area contributed by atoms with Gasteiger partial charge in [-0.3, -0.25) is 4.79 Å². The largest absolute Gasteiger partial charge is 0.497 e. The molecule has 3 aromatic rings. The third kappa shape index (κ3) is 4.38. The highest BCUT2D eigenvalue weighted by molar-refractivity contribution is 6.14. The van der Waals surface area contributed by atoms with Crippen molar-refractivity contribution in [3.05, 3.63) is 77.0 Å². The van der Waals surface area contributed by atoms with Gasteiger partial charge < -0.3 is 28.4 Å². The van der Waals surface area contributed by atoms with Gasteiger partial charge in [-0.05, 0) is 54.1 Å². The van der Waals surface area contributed by atoms with Gasteiger partial charge in [-0.2, -0.15) is 0 Å². The van der Waals surface area contributed by atoms with Crippen LogP contribution in [0.5, 0.6) is 34.5 Å². The summed E-state index contributed by atoms with van der Waals surface area (Å²) in [5, 5.41) is 0. The fourth-order valence-corrected chi connectivity index (χ4v) is 3.48. The maximum absolute atomic E-state index is 12.9. The number of hydrogen-bond donors (Lipinski definition) is 0. The van der Waals surface area contributed by atoms with Crippen molar-refractivity contribution in [1.82, 2.24) is 0 Å². The van der Waals surface area contributed by atoms with Gasteiger partial charge in [0.2, 0.25) is 11.5 Å². The van der Waals surface area contributed by atoms with E-state index < -0.39 is 5.97 Å². The summed E-state index contributed by atoms with van der Waals surface area (Å²) in [6.45, 7) is 0. The number of allylic oxidation sites excluding steroid dienone is 1. The minimum atomic E-state index is -0.559. The second-order valence-corrected chi connectivity index (χ2v) is 7.18. The number of ether oxygens (including phenoxy) is 6. The first-order valence-corrected chi connectivity index (χ1v) is 10.2. The van der Waals surface area contributed by atoms with E-state index in [0.717, 1.165) is 0 Å². The lowest BCUT2D eigenvalue weighted by atomic mass is 10.1. The average Bonchev–Trinajstić information content (AvgIpc) is 3.17. The molecule has 0 atom stereocenters. The summed E-state index contributed by atoms with van der Waals surface area (Å²) in [6, 6.07) is 14.6. The summed E-state index contributed by atoms with van der Waals surface area (Å²) in [7, 11) is 6.05. The van der Waals surface area contributed by atoms with Gasteiger partial charge in [-0.15, -0.1) is 0 Å². The Labute approximate surface area is 196 Å². The maximum Gasteiger partial charge on any atom is 0.343 e. The standard InChI is InChI=1S/C26H22O8/c1-29-17-7-5-6-16(13-17)26(28)33-18-8-9-19-20(14-18)34-21(24(19)27)10-15-11-22(30-2)25(32-4)23(12-15)31-3/h5-14H,1-4H3. The summed E-state index contributed by atoms with van der Waals surface area (Å²) in [5.41, 5.74) is 1.31. The number of hydrogen-bond acceptors (Lipinski definition) is 8. The third-order valence-electron chi connectivity index (χ3n) is 5.14. The Morgan fingerprint density at radius 1 is 0.824 bits per heavy atom. The second kappa shape index (κ2) is 9.58. The third-order valence-corrected chi connectivity index (χ3v) is 5.14. The van der Waals surface area contributed by atoms with Gasteiger partial charge in [0.1, 0.15) is 17.2 Å². The summed E-state index contributed by atoms with van der Waals surface area (Å²) in [5.74, 6) is 1.67. The number of fused-ring (bicyclic) bond motifs is 1. The van der Waals surface area contributed by atoms with Gasteiger partial charge >= 0.3 is 5.97 Å². The molecular weight excluding hydrogens is 440 g/mol. The molecule has 0 bridgehead atoms. The molecule has 8 heteroatoms. The zero-order valence-electron chi connectivity index (χ0n) is 19.0. The molecule has 0 saturated heterocycles. The quantitative estimate of drug-likeness (QED) is 0.287. The number of methoxy groups -OCH3 is 4. The lowest BCUT2D eigenvalue weighted by Crippen LogP contribution is -2.08. The van der Waals surface area contributed by atoms with Gasteiger partial charge in [0, 0.05) is 6.07 Å². The topological polar surface area (TPSA) is 89.5 Å². The van der Waals surface area contributed by atoms with Crippen molar-refractivity contribution < 1.29 is 38.0 Å². The molecule has 0 aliphatic carbocycles. The van der Waals surface area contributed by atoms with E-state index in [1.54, 1.807) is 54.6 Å². The summed E-state index contributed by atoms with van der Waals surface area (Å²) in [4.78, 5) is 25.4. The molecular formula is C26H22O8.